The summed E-state index contributed by atoms with van der Waals surface area (Å²) in [5, 5.41) is 2.87. The molecule has 0 bridgehead atoms. The summed E-state index contributed by atoms with van der Waals surface area (Å²) in [6.45, 7) is 5.75. The van der Waals surface area contributed by atoms with Crippen LogP contribution in [0.1, 0.15) is 37.6 Å². The first kappa shape index (κ1) is 17.8. The topological polar surface area (TPSA) is 73.9 Å². The maximum Gasteiger partial charge on any atom is 0.337 e. The molecule has 0 atom stereocenters. The summed E-state index contributed by atoms with van der Waals surface area (Å²) in [4.78, 5) is 23.3. The van der Waals surface area contributed by atoms with E-state index in [1.165, 1.54) is 20.3 Å². The minimum Gasteiger partial charge on any atom is -0.493 e. The highest BCUT2D eigenvalue weighted by Gasteiger charge is 2.18. The Balaban J connectivity index is 2.74. The number of carbonyl (C=O) groups is 2. The van der Waals surface area contributed by atoms with Crippen molar-refractivity contribution in [2.24, 2.45) is 0 Å². The predicted molar refractivity (Wildman–Crippen MR) is 82.3 cm³/mol. The van der Waals surface area contributed by atoms with Crippen molar-refractivity contribution in [2.45, 2.75) is 32.7 Å². The fraction of sp³-hybridized carbons (Fsp3) is 0.500. The SMILES string of the molecule is CCC(C)(C)NC(=O)COc1ccc(C(=O)OC)cc1OC. The molecule has 0 unspecified atom stereocenters. The van der Waals surface area contributed by atoms with Crippen LogP contribution >= 0.6 is 0 Å². The smallest absolute Gasteiger partial charge is 0.337 e. The molecule has 0 heterocycles. The lowest BCUT2D eigenvalue weighted by Crippen LogP contribution is -2.44. The highest BCUT2D eigenvalue weighted by Crippen LogP contribution is 2.28. The highest BCUT2D eigenvalue weighted by atomic mass is 16.5. The van der Waals surface area contributed by atoms with Gasteiger partial charge in [-0.2, -0.15) is 0 Å². The van der Waals surface area contributed by atoms with Crippen LogP contribution in [0.25, 0.3) is 0 Å². The van der Waals surface area contributed by atoms with Crippen molar-refractivity contribution < 1.29 is 23.8 Å². The Morgan fingerprint density at radius 1 is 1.18 bits per heavy atom. The molecule has 1 N–H and O–H groups in total. The minimum absolute atomic E-state index is 0.128. The number of amides is 1. The highest BCUT2D eigenvalue weighted by molar-refractivity contribution is 5.90. The Morgan fingerprint density at radius 3 is 2.41 bits per heavy atom. The summed E-state index contributed by atoms with van der Waals surface area (Å²) in [5.74, 6) is 0.0725. The van der Waals surface area contributed by atoms with E-state index in [0.29, 0.717) is 17.1 Å². The van der Waals surface area contributed by atoms with Gasteiger partial charge >= 0.3 is 5.97 Å². The molecule has 0 aliphatic heterocycles. The number of methoxy groups -OCH3 is 2. The lowest BCUT2D eigenvalue weighted by Gasteiger charge is -2.24. The normalized spacial score (nSPS) is 10.8. The van der Waals surface area contributed by atoms with Gasteiger partial charge in [-0.3, -0.25) is 4.79 Å². The summed E-state index contributed by atoms with van der Waals surface area (Å²) in [6.07, 6.45) is 0.815. The lowest BCUT2D eigenvalue weighted by molar-refractivity contribution is -0.124. The molecule has 0 aliphatic rings. The third kappa shape index (κ3) is 4.95. The van der Waals surface area contributed by atoms with Crippen molar-refractivity contribution in [1.29, 1.82) is 0 Å². The molecular weight excluding hydrogens is 286 g/mol. The molecule has 6 heteroatoms. The van der Waals surface area contributed by atoms with Crippen molar-refractivity contribution in [1.82, 2.24) is 5.32 Å². The zero-order valence-corrected chi connectivity index (χ0v) is 13.7. The number of rotatable bonds is 7. The molecule has 1 aromatic carbocycles. The van der Waals surface area contributed by atoms with Crippen LogP contribution in [0.3, 0.4) is 0 Å². The van der Waals surface area contributed by atoms with Gasteiger partial charge in [0.1, 0.15) is 0 Å². The molecule has 6 nitrogen and oxygen atoms in total. The molecule has 122 valence electrons. The van der Waals surface area contributed by atoms with Gasteiger partial charge in [0.05, 0.1) is 19.8 Å². The molecule has 1 amide bonds. The molecule has 0 saturated carbocycles. The number of hydrogen-bond acceptors (Lipinski definition) is 5. The van der Waals surface area contributed by atoms with Gasteiger partial charge in [-0.1, -0.05) is 6.92 Å². The van der Waals surface area contributed by atoms with Crippen LogP contribution in [0.2, 0.25) is 0 Å². The summed E-state index contributed by atoms with van der Waals surface area (Å²) < 4.78 is 15.3. The van der Waals surface area contributed by atoms with Crippen LogP contribution in [0.4, 0.5) is 0 Å². The molecule has 0 spiro atoms. The van der Waals surface area contributed by atoms with Gasteiger partial charge in [-0.25, -0.2) is 4.79 Å². The Morgan fingerprint density at radius 2 is 1.86 bits per heavy atom. The van der Waals surface area contributed by atoms with Crippen molar-refractivity contribution in [3.63, 3.8) is 0 Å². The van der Waals surface area contributed by atoms with E-state index in [1.54, 1.807) is 12.1 Å². The van der Waals surface area contributed by atoms with Crippen LogP contribution < -0.4 is 14.8 Å². The van der Waals surface area contributed by atoms with E-state index in [1.807, 2.05) is 20.8 Å². The van der Waals surface area contributed by atoms with Crippen LogP contribution in [0.15, 0.2) is 18.2 Å². The number of hydrogen-bond donors (Lipinski definition) is 1. The molecular formula is C16H23NO5. The summed E-state index contributed by atoms with van der Waals surface area (Å²) in [6, 6.07) is 4.63. The molecule has 1 rings (SSSR count). The van der Waals surface area contributed by atoms with E-state index in [2.05, 4.69) is 10.1 Å². The first-order chi connectivity index (χ1) is 10.3. The monoisotopic (exact) mass is 309 g/mol. The van der Waals surface area contributed by atoms with Gasteiger partial charge in [-0.05, 0) is 38.5 Å². The molecule has 0 saturated heterocycles. The van der Waals surface area contributed by atoms with Crippen molar-refractivity contribution in [3.05, 3.63) is 23.8 Å². The van der Waals surface area contributed by atoms with Crippen LogP contribution in [0, 0.1) is 0 Å². The number of carbonyl (C=O) groups excluding carboxylic acids is 2. The van der Waals surface area contributed by atoms with E-state index in [0.717, 1.165) is 6.42 Å². The Bertz CT molecular complexity index is 539. The zero-order valence-electron chi connectivity index (χ0n) is 13.7. The number of benzene rings is 1. The maximum atomic E-state index is 11.9. The predicted octanol–water partition coefficient (Wildman–Crippen LogP) is 2.17. The van der Waals surface area contributed by atoms with Crippen LogP contribution in [-0.4, -0.2) is 38.2 Å². The van der Waals surface area contributed by atoms with Crippen molar-refractivity contribution >= 4 is 11.9 Å². The molecule has 0 aromatic heterocycles. The fourth-order valence-corrected chi connectivity index (χ4v) is 1.68. The Labute approximate surface area is 130 Å². The van der Waals surface area contributed by atoms with E-state index >= 15 is 0 Å². The third-order valence-electron chi connectivity index (χ3n) is 3.31. The Hall–Kier alpha value is -2.24. The zero-order chi connectivity index (χ0) is 16.8. The quantitative estimate of drug-likeness (QED) is 0.781. The molecule has 0 aliphatic carbocycles. The molecule has 22 heavy (non-hydrogen) atoms. The molecule has 1 aromatic rings. The number of ether oxygens (including phenoxy) is 3. The maximum absolute atomic E-state index is 11.9. The molecule has 0 radical (unpaired) electrons. The van der Waals surface area contributed by atoms with Gasteiger partial charge in [0, 0.05) is 5.54 Å². The van der Waals surface area contributed by atoms with Gasteiger partial charge in [0.2, 0.25) is 0 Å². The second-order valence-electron chi connectivity index (χ2n) is 5.43. The van der Waals surface area contributed by atoms with Gasteiger partial charge in [-0.15, -0.1) is 0 Å². The third-order valence-corrected chi connectivity index (χ3v) is 3.31. The fourth-order valence-electron chi connectivity index (χ4n) is 1.68. The summed E-state index contributed by atoms with van der Waals surface area (Å²) in [5.41, 5.74) is 0.0717. The summed E-state index contributed by atoms with van der Waals surface area (Å²) in [7, 11) is 2.77. The number of esters is 1. The first-order valence-electron chi connectivity index (χ1n) is 7.03. The van der Waals surface area contributed by atoms with E-state index in [4.69, 9.17) is 9.47 Å². The first-order valence-corrected chi connectivity index (χ1v) is 7.03. The second-order valence-corrected chi connectivity index (χ2v) is 5.43. The lowest BCUT2D eigenvalue weighted by atomic mass is 10.0. The van der Waals surface area contributed by atoms with Crippen LogP contribution in [-0.2, 0) is 9.53 Å². The van der Waals surface area contributed by atoms with Crippen LogP contribution in [0.5, 0.6) is 11.5 Å². The average molecular weight is 309 g/mol. The largest absolute Gasteiger partial charge is 0.493 e. The van der Waals surface area contributed by atoms with E-state index < -0.39 is 5.97 Å². The summed E-state index contributed by atoms with van der Waals surface area (Å²) >= 11 is 0. The van der Waals surface area contributed by atoms with Crippen molar-refractivity contribution in [2.75, 3.05) is 20.8 Å². The van der Waals surface area contributed by atoms with E-state index in [9.17, 15) is 9.59 Å². The van der Waals surface area contributed by atoms with Crippen molar-refractivity contribution in [3.8, 4) is 11.5 Å². The van der Waals surface area contributed by atoms with E-state index in [-0.39, 0.29) is 18.1 Å². The second kappa shape index (κ2) is 7.68. The number of nitrogens with one attached hydrogen (secondary N) is 1. The van der Waals surface area contributed by atoms with Gasteiger partial charge in [0.25, 0.3) is 5.91 Å². The average Bonchev–Trinajstić information content (AvgIpc) is 2.51. The Kier molecular flexibility index (Phi) is 6.22. The van der Waals surface area contributed by atoms with Gasteiger partial charge < -0.3 is 19.5 Å². The van der Waals surface area contributed by atoms with Gasteiger partial charge in [0.15, 0.2) is 18.1 Å². The minimum atomic E-state index is -0.465. The molecule has 0 fully saturated rings. The standard InChI is InChI=1S/C16H23NO5/c1-6-16(2,3)17-14(18)10-22-12-8-7-11(15(19)21-5)9-13(12)20-4/h7-9H,6,10H2,1-5H3,(H,17,18).